The maximum Gasteiger partial charge on any atom is 0.123 e. The number of benzene rings is 1. The van der Waals surface area contributed by atoms with Gasteiger partial charge in [-0.05, 0) is 31.5 Å². The first-order valence-corrected chi connectivity index (χ1v) is 6.91. The molecule has 3 heteroatoms. The quantitative estimate of drug-likeness (QED) is 0.887. The van der Waals surface area contributed by atoms with E-state index >= 15 is 0 Å². The molecule has 0 atom stereocenters. The van der Waals surface area contributed by atoms with Crippen LogP contribution in [-0.4, -0.2) is 7.11 Å². The number of rotatable bonds is 5. The Morgan fingerprint density at radius 3 is 2.61 bits per heavy atom. The highest BCUT2D eigenvalue weighted by molar-refractivity contribution is 7.12. The van der Waals surface area contributed by atoms with E-state index in [2.05, 4.69) is 31.3 Å². The van der Waals surface area contributed by atoms with Crippen molar-refractivity contribution in [3.63, 3.8) is 0 Å². The average Bonchev–Trinajstić information content (AvgIpc) is 2.69. The van der Waals surface area contributed by atoms with Crippen LogP contribution in [0.5, 0.6) is 5.75 Å². The van der Waals surface area contributed by atoms with Gasteiger partial charge in [0.25, 0.3) is 0 Å². The van der Waals surface area contributed by atoms with Crippen molar-refractivity contribution in [3.05, 3.63) is 51.2 Å². The summed E-state index contributed by atoms with van der Waals surface area (Å²) in [4.78, 5) is 2.80. The van der Waals surface area contributed by atoms with Crippen LogP contribution in [0.4, 0.5) is 0 Å². The van der Waals surface area contributed by atoms with Crippen molar-refractivity contribution in [2.75, 3.05) is 7.11 Å². The molecule has 0 aliphatic carbocycles. The summed E-state index contributed by atoms with van der Waals surface area (Å²) in [6, 6.07) is 10.4. The van der Waals surface area contributed by atoms with E-state index in [9.17, 15) is 0 Å². The SMILES string of the molecule is COc1ccccc1CNCc1cc(C)c(C)s1. The van der Waals surface area contributed by atoms with Crippen LogP contribution in [0.15, 0.2) is 30.3 Å². The molecule has 0 saturated carbocycles. The Bertz CT molecular complexity index is 499. The molecule has 96 valence electrons. The largest absolute Gasteiger partial charge is 0.496 e. The normalized spacial score (nSPS) is 10.6. The molecular formula is C15H19NOS. The van der Waals surface area contributed by atoms with Crippen molar-refractivity contribution < 1.29 is 4.74 Å². The molecule has 0 aliphatic heterocycles. The molecule has 1 heterocycles. The fraction of sp³-hybridized carbons (Fsp3) is 0.333. The van der Waals surface area contributed by atoms with Gasteiger partial charge in [0, 0.05) is 28.4 Å². The lowest BCUT2D eigenvalue weighted by Crippen LogP contribution is -2.12. The maximum absolute atomic E-state index is 5.33. The molecule has 1 aromatic carbocycles. The molecule has 2 rings (SSSR count). The number of thiophene rings is 1. The van der Waals surface area contributed by atoms with Crippen molar-refractivity contribution in [2.45, 2.75) is 26.9 Å². The van der Waals surface area contributed by atoms with Crippen LogP contribution >= 0.6 is 11.3 Å². The minimum Gasteiger partial charge on any atom is -0.496 e. The van der Waals surface area contributed by atoms with Crippen molar-refractivity contribution >= 4 is 11.3 Å². The van der Waals surface area contributed by atoms with E-state index in [1.807, 2.05) is 29.5 Å². The minimum atomic E-state index is 0.833. The Labute approximate surface area is 113 Å². The molecule has 0 aliphatic rings. The molecule has 2 nitrogen and oxygen atoms in total. The summed E-state index contributed by atoms with van der Waals surface area (Å²) in [7, 11) is 1.71. The number of hydrogen-bond donors (Lipinski definition) is 1. The van der Waals surface area contributed by atoms with Gasteiger partial charge in [0.1, 0.15) is 5.75 Å². The van der Waals surface area contributed by atoms with Gasteiger partial charge in [0.05, 0.1) is 7.11 Å². The molecule has 18 heavy (non-hydrogen) atoms. The van der Waals surface area contributed by atoms with Gasteiger partial charge in [-0.2, -0.15) is 0 Å². The third-order valence-electron chi connectivity index (χ3n) is 3.02. The Morgan fingerprint density at radius 1 is 1.17 bits per heavy atom. The number of methoxy groups -OCH3 is 1. The number of ether oxygens (including phenoxy) is 1. The van der Waals surface area contributed by atoms with E-state index in [1.54, 1.807) is 7.11 Å². The molecule has 0 bridgehead atoms. The van der Waals surface area contributed by atoms with Gasteiger partial charge in [-0.1, -0.05) is 18.2 Å². The van der Waals surface area contributed by atoms with Gasteiger partial charge in [0.2, 0.25) is 0 Å². The summed E-state index contributed by atoms with van der Waals surface area (Å²) < 4.78 is 5.33. The van der Waals surface area contributed by atoms with Crippen molar-refractivity contribution in [2.24, 2.45) is 0 Å². The first kappa shape index (κ1) is 13.1. The molecule has 2 aromatic rings. The maximum atomic E-state index is 5.33. The molecule has 0 saturated heterocycles. The number of para-hydroxylation sites is 1. The lowest BCUT2D eigenvalue weighted by Gasteiger charge is -2.08. The van der Waals surface area contributed by atoms with Gasteiger partial charge in [-0.3, -0.25) is 0 Å². The van der Waals surface area contributed by atoms with E-state index in [4.69, 9.17) is 4.74 Å². The molecule has 1 N–H and O–H groups in total. The molecule has 0 amide bonds. The van der Waals surface area contributed by atoms with Crippen LogP contribution in [0.1, 0.15) is 20.9 Å². The Kier molecular flexibility index (Phi) is 4.39. The van der Waals surface area contributed by atoms with E-state index in [-0.39, 0.29) is 0 Å². The highest BCUT2D eigenvalue weighted by atomic mass is 32.1. The number of hydrogen-bond acceptors (Lipinski definition) is 3. The second-order valence-electron chi connectivity index (χ2n) is 4.37. The van der Waals surface area contributed by atoms with Crippen molar-refractivity contribution in [1.29, 1.82) is 0 Å². The molecule has 0 unspecified atom stereocenters. The van der Waals surface area contributed by atoms with Crippen LogP contribution in [0.3, 0.4) is 0 Å². The lowest BCUT2D eigenvalue weighted by atomic mass is 10.2. The zero-order chi connectivity index (χ0) is 13.0. The highest BCUT2D eigenvalue weighted by Gasteiger charge is 2.03. The summed E-state index contributed by atoms with van der Waals surface area (Å²) in [6.45, 7) is 6.08. The van der Waals surface area contributed by atoms with Crippen molar-refractivity contribution in [1.82, 2.24) is 5.32 Å². The minimum absolute atomic E-state index is 0.833. The van der Waals surface area contributed by atoms with Gasteiger partial charge >= 0.3 is 0 Å². The van der Waals surface area contributed by atoms with Gasteiger partial charge in [-0.15, -0.1) is 11.3 Å². The zero-order valence-electron chi connectivity index (χ0n) is 11.1. The topological polar surface area (TPSA) is 21.3 Å². The third kappa shape index (κ3) is 3.12. The predicted octanol–water partition coefficient (Wildman–Crippen LogP) is 3.66. The lowest BCUT2D eigenvalue weighted by molar-refractivity contribution is 0.407. The third-order valence-corrected chi connectivity index (χ3v) is 4.18. The van der Waals surface area contributed by atoms with Crippen LogP contribution in [0.25, 0.3) is 0 Å². The molecule has 0 fully saturated rings. The Hall–Kier alpha value is -1.32. The van der Waals surface area contributed by atoms with Gasteiger partial charge < -0.3 is 10.1 Å². The smallest absolute Gasteiger partial charge is 0.123 e. The second kappa shape index (κ2) is 6.03. The summed E-state index contributed by atoms with van der Waals surface area (Å²) in [5.74, 6) is 0.948. The monoisotopic (exact) mass is 261 g/mol. The Morgan fingerprint density at radius 2 is 1.94 bits per heavy atom. The Balaban J connectivity index is 1.92. The second-order valence-corrected chi connectivity index (χ2v) is 5.71. The average molecular weight is 261 g/mol. The molecular weight excluding hydrogens is 242 g/mol. The van der Waals surface area contributed by atoms with Crippen LogP contribution in [-0.2, 0) is 13.1 Å². The van der Waals surface area contributed by atoms with E-state index in [1.165, 1.54) is 20.9 Å². The van der Waals surface area contributed by atoms with E-state index < -0.39 is 0 Å². The van der Waals surface area contributed by atoms with Gasteiger partial charge in [0.15, 0.2) is 0 Å². The molecule has 1 aromatic heterocycles. The standard InChI is InChI=1S/C15H19NOS/c1-11-8-14(18-12(11)2)10-16-9-13-6-4-5-7-15(13)17-3/h4-8,16H,9-10H2,1-3H3. The first-order chi connectivity index (χ1) is 8.70. The van der Waals surface area contributed by atoms with Crippen LogP contribution in [0, 0.1) is 13.8 Å². The van der Waals surface area contributed by atoms with E-state index in [0.29, 0.717) is 0 Å². The summed E-state index contributed by atoms with van der Waals surface area (Å²) in [5.41, 5.74) is 2.58. The molecule has 0 radical (unpaired) electrons. The summed E-state index contributed by atoms with van der Waals surface area (Å²) in [6.07, 6.45) is 0. The number of nitrogens with one attached hydrogen (secondary N) is 1. The summed E-state index contributed by atoms with van der Waals surface area (Å²) in [5, 5.41) is 3.46. The van der Waals surface area contributed by atoms with Crippen molar-refractivity contribution in [3.8, 4) is 5.75 Å². The van der Waals surface area contributed by atoms with Crippen LogP contribution in [0.2, 0.25) is 0 Å². The fourth-order valence-corrected chi connectivity index (χ4v) is 2.93. The number of aryl methyl sites for hydroxylation is 2. The highest BCUT2D eigenvalue weighted by Crippen LogP contribution is 2.21. The van der Waals surface area contributed by atoms with Crippen LogP contribution < -0.4 is 10.1 Å². The first-order valence-electron chi connectivity index (χ1n) is 6.09. The fourth-order valence-electron chi connectivity index (χ4n) is 1.91. The predicted molar refractivity (Wildman–Crippen MR) is 77.3 cm³/mol. The zero-order valence-corrected chi connectivity index (χ0v) is 11.9. The summed E-state index contributed by atoms with van der Waals surface area (Å²) >= 11 is 1.87. The molecule has 0 spiro atoms. The van der Waals surface area contributed by atoms with E-state index in [0.717, 1.165) is 18.8 Å². The van der Waals surface area contributed by atoms with Gasteiger partial charge in [-0.25, -0.2) is 0 Å².